The molecule has 0 aromatic rings. The second-order valence-electron chi connectivity index (χ2n) is 2.81. The van der Waals surface area contributed by atoms with Gasteiger partial charge in [-0.1, -0.05) is 0 Å². The van der Waals surface area contributed by atoms with Gasteiger partial charge >= 0.3 is 6.03 Å². The number of rotatable bonds is 0. The summed E-state index contributed by atoms with van der Waals surface area (Å²) < 4.78 is 0. The summed E-state index contributed by atoms with van der Waals surface area (Å²) in [5, 5.41) is 15.5. The Labute approximate surface area is 78.3 Å². The van der Waals surface area contributed by atoms with Gasteiger partial charge in [-0.3, -0.25) is 20.4 Å². The third-order valence-corrected chi connectivity index (χ3v) is 1.95. The van der Waals surface area contributed by atoms with E-state index in [0.717, 1.165) is 11.2 Å². The SMILES string of the molecule is CN1C(=O)NC2=NNC=NC2(O)C1=O. The summed E-state index contributed by atoms with van der Waals surface area (Å²) >= 11 is 0. The quantitative estimate of drug-likeness (QED) is 0.409. The number of hydrogen-bond acceptors (Lipinski definition) is 6. The maximum Gasteiger partial charge on any atom is 0.329 e. The molecule has 8 nitrogen and oxygen atoms in total. The van der Waals surface area contributed by atoms with Gasteiger partial charge in [-0.15, -0.1) is 0 Å². The van der Waals surface area contributed by atoms with Crippen molar-refractivity contribution in [1.82, 2.24) is 15.6 Å². The van der Waals surface area contributed by atoms with Gasteiger partial charge in [-0.2, -0.15) is 5.10 Å². The van der Waals surface area contributed by atoms with Crippen molar-refractivity contribution in [2.45, 2.75) is 5.72 Å². The summed E-state index contributed by atoms with van der Waals surface area (Å²) in [7, 11) is 1.24. The van der Waals surface area contributed by atoms with Gasteiger partial charge in [0.2, 0.25) is 0 Å². The van der Waals surface area contributed by atoms with Crippen LogP contribution in [0.5, 0.6) is 0 Å². The zero-order chi connectivity index (χ0) is 10.3. The Morgan fingerprint density at radius 2 is 2.29 bits per heavy atom. The van der Waals surface area contributed by atoms with Crippen LogP contribution in [-0.2, 0) is 4.79 Å². The number of amidine groups is 1. The molecule has 2 rings (SSSR count). The highest BCUT2D eigenvalue weighted by Crippen LogP contribution is 2.17. The van der Waals surface area contributed by atoms with Crippen LogP contribution in [0.4, 0.5) is 4.79 Å². The summed E-state index contributed by atoms with van der Waals surface area (Å²) in [5.74, 6) is -1.05. The number of nitrogens with one attached hydrogen (secondary N) is 2. The second kappa shape index (κ2) is 2.51. The van der Waals surface area contributed by atoms with E-state index in [1.54, 1.807) is 0 Å². The average Bonchev–Trinajstić information content (AvgIpc) is 2.17. The maximum absolute atomic E-state index is 11.5. The van der Waals surface area contributed by atoms with Gasteiger partial charge in [0.05, 0.1) is 0 Å². The predicted octanol–water partition coefficient (Wildman–Crippen LogP) is -2.20. The lowest BCUT2D eigenvalue weighted by atomic mass is 10.1. The second-order valence-corrected chi connectivity index (χ2v) is 2.81. The zero-order valence-corrected chi connectivity index (χ0v) is 7.18. The number of aliphatic hydroxyl groups is 1. The first-order valence-corrected chi connectivity index (χ1v) is 3.74. The fraction of sp³-hybridized carbons (Fsp3) is 0.333. The Kier molecular flexibility index (Phi) is 1.55. The number of carbonyl (C=O) groups is 2. The van der Waals surface area contributed by atoms with Crippen molar-refractivity contribution >= 4 is 24.1 Å². The van der Waals surface area contributed by atoms with Crippen LogP contribution in [0.2, 0.25) is 0 Å². The Balaban J connectivity index is 2.46. The normalized spacial score (nSPS) is 30.4. The molecule has 0 aromatic heterocycles. The summed E-state index contributed by atoms with van der Waals surface area (Å²) in [6, 6.07) is -0.655. The molecule has 0 aromatic carbocycles. The lowest BCUT2D eigenvalue weighted by Crippen LogP contribution is -2.67. The van der Waals surface area contributed by atoms with Gasteiger partial charge in [-0.25, -0.2) is 9.79 Å². The van der Waals surface area contributed by atoms with Gasteiger partial charge in [0.1, 0.15) is 6.34 Å². The number of nitrogens with zero attached hydrogens (tertiary/aromatic N) is 3. The van der Waals surface area contributed by atoms with Crippen molar-refractivity contribution in [3.63, 3.8) is 0 Å². The van der Waals surface area contributed by atoms with Crippen LogP contribution >= 0.6 is 0 Å². The number of carbonyl (C=O) groups excluding carboxylic acids is 2. The Bertz CT molecular complexity index is 376. The molecule has 0 aliphatic carbocycles. The molecule has 2 heterocycles. The molecule has 0 spiro atoms. The van der Waals surface area contributed by atoms with Crippen LogP contribution in [0.3, 0.4) is 0 Å². The van der Waals surface area contributed by atoms with Crippen molar-refractivity contribution < 1.29 is 14.7 Å². The van der Waals surface area contributed by atoms with E-state index in [1.165, 1.54) is 7.05 Å². The molecule has 2 aliphatic heterocycles. The molecular formula is C6H7N5O3. The first-order valence-electron chi connectivity index (χ1n) is 3.74. The number of amides is 3. The first-order chi connectivity index (χ1) is 6.55. The molecule has 3 N–H and O–H groups in total. The van der Waals surface area contributed by atoms with E-state index in [2.05, 4.69) is 20.8 Å². The number of likely N-dealkylation sites (N-methyl/N-ethyl adjacent to an activating group) is 1. The minimum atomic E-state index is -2.10. The molecule has 0 radical (unpaired) electrons. The first kappa shape index (κ1) is 8.63. The monoisotopic (exact) mass is 197 g/mol. The highest BCUT2D eigenvalue weighted by Gasteiger charge is 2.51. The molecule has 0 saturated carbocycles. The molecule has 14 heavy (non-hydrogen) atoms. The lowest BCUT2D eigenvalue weighted by Gasteiger charge is -2.34. The lowest BCUT2D eigenvalue weighted by molar-refractivity contribution is -0.141. The van der Waals surface area contributed by atoms with Crippen molar-refractivity contribution in [1.29, 1.82) is 0 Å². The van der Waals surface area contributed by atoms with E-state index < -0.39 is 17.7 Å². The molecule has 1 saturated heterocycles. The van der Waals surface area contributed by atoms with Crippen LogP contribution < -0.4 is 10.7 Å². The van der Waals surface area contributed by atoms with Crippen molar-refractivity contribution in [2.75, 3.05) is 7.05 Å². The van der Waals surface area contributed by atoms with E-state index in [-0.39, 0.29) is 5.84 Å². The number of hydrogen-bond donors (Lipinski definition) is 3. The topological polar surface area (TPSA) is 106 Å². The van der Waals surface area contributed by atoms with E-state index in [1.807, 2.05) is 0 Å². The van der Waals surface area contributed by atoms with Gasteiger partial charge in [0.25, 0.3) is 11.6 Å². The molecule has 74 valence electrons. The zero-order valence-electron chi connectivity index (χ0n) is 7.18. The van der Waals surface area contributed by atoms with E-state index >= 15 is 0 Å². The molecule has 1 atom stereocenters. The van der Waals surface area contributed by atoms with Crippen molar-refractivity contribution in [3.05, 3.63) is 0 Å². The summed E-state index contributed by atoms with van der Waals surface area (Å²) in [6.07, 6.45) is 1.08. The number of imide groups is 1. The van der Waals surface area contributed by atoms with Crippen LogP contribution in [0, 0.1) is 0 Å². The fourth-order valence-corrected chi connectivity index (χ4v) is 1.14. The summed E-state index contributed by atoms with van der Waals surface area (Å²) in [5.41, 5.74) is 0.213. The molecule has 8 heteroatoms. The number of aliphatic imine (C=N–C) groups is 1. The largest absolute Gasteiger partial charge is 0.356 e. The highest BCUT2D eigenvalue weighted by molar-refractivity contribution is 6.23. The van der Waals surface area contributed by atoms with E-state index in [0.29, 0.717) is 0 Å². The smallest absolute Gasteiger partial charge is 0.329 e. The predicted molar refractivity (Wildman–Crippen MR) is 45.3 cm³/mol. The summed E-state index contributed by atoms with van der Waals surface area (Å²) in [6.45, 7) is 0. The fourth-order valence-electron chi connectivity index (χ4n) is 1.14. The molecule has 3 amide bonds. The Morgan fingerprint density at radius 3 is 3.00 bits per heavy atom. The molecular weight excluding hydrogens is 190 g/mol. The molecule has 1 unspecified atom stereocenters. The van der Waals surface area contributed by atoms with Crippen LogP contribution in [0.15, 0.2) is 10.1 Å². The average molecular weight is 197 g/mol. The van der Waals surface area contributed by atoms with Crippen LogP contribution in [0.25, 0.3) is 0 Å². The van der Waals surface area contributed by atoms with Gasteiger partial charge < -0.3 is 5.11 Å². The molecule has 0 bridgehead atoms. The van der Waals surface area contributed by atoms with Gasteiger partial charge in [-0.05, 0) is 0 Å². The minimum absolute atomic E-state index is 0.215. The van der Waals surface area contributed by atoms with Crippen LogP contribution in [0.1, 0.15) is 0 Å². The Hall–Kier alpha value is -1.96. The third kappa shape index (κ3) is 0.909. The maximum atomic E-state index is 11.5. The summed E-state index contributed by atoms with van der Waals surface area (Å²) in [4.78, 5) is 26.9. The van der Waals surface area contributed by atoms with E-state index in [9.17, 15) is 14.7 Å². The number of fused-ring (bicyclic) bond motifs is 1. The van der Waals surface area contributed by atoms with E-state index in [4.69, 9.17) is 0 Å². The Morgan fingerprint density at radius 1 is 1.57 bits per heavy atom. The number of hydrazone groups is 1. The van der Waals surface area contributed by atoms with Crippen molar-refractivity contribution in [2.24, 2.45) is 10.1 Å². The minimum Gasteiger partial charge on any atom is -0.356 e. The van der Waals surface area contributed by atoms with Crippen molar-refractivity contribution in [3.8, 4) is 0 Å². The van der Waals surface area contributed by atoms with Crippen LogP contribution in [-0.4, -0.2) is 46.9 Å². The highest BCUT2D eigenvalue weighted by atomic mass is 16.3. The van der Waals surface area contributed by atoms with Gasteiger partial charge in [0.15, 0.2) is 5.84 Å². The third-order valence-electron chi connectivity index (χ3n) is 1.95. The van der Waals surface area contributed by atoms with Gasteiger partial charge in [0, 0.05) is 7.05 Å². The standard InChI is InChI=1S/C6H7N5O3/c1-11-4(12)6(14)3(9-5(11)13)10-8-2-7-6/h2,14H,1H3,(H,7,8)(H,9,10,13). The molecule has 2 aliphatic rings. The number of urea groups is 1. The molecule has 1 fully saturated rings.